The number of pyridine rings is 3. The number of nitrogens with zero attached hydrogens (tertiary/aromatic N) is 5. The number of aromatic nitrogens is 5. The molecule has 14 rings (SSSR count). The Morgan fingerprint density at radius 1 is 0.373 bits per heavy atom. The average molecular weight is 1460 g/mol. The van der Waals surface area contributed by atoms with Crippen LogP contribution in [0.25, 0.3) is 72.9 Å². The molecular weight excluding hydrogens is 1340 g/mol. The van der Waals surface area contributed by atoms with Crippen LogP contribution in [-0.2, 0) is 13.5 Å². The molecule has 0 unspecified atom stereocenters. The van der Waals surface area contributed by atoms with Gasteiger partial charge in [0, 0.05) is 95.4 Å². The molecule has 110 heavy (non-hydrogen) atoms. The summed E-state index contributed by atoms with van der Waals surface area (Å²) in [6, 6.07) is 79.1. The zero-order valence-corrected chi connectivity index (χ0v) is 69.1. The first kappa shape index (κ1) is 84.4. The second-order valence-electron chi connectivity index (χ2n) is 30.7. The lowest BCUT2D eigenvalue weighted by Gasteiger charge is -2.12. The number of rotatable bonds is 15. The van der Waals surface area contributed by atoms with Crippen LogP contribution in [0.2, 0.25) is 0 Å². The van der Waals surface area contributed by atoms with Crippen molar-refractivity contribution in [3.8, 4) is 67.3 Å². The zero-order valence-electron chi connectivity index (χ0n) is 69.1. The van der Waals surface area contributed by atoms with Crippen molar-refractivity contribution >= 4 is 5.57 Å². The molecule has 6 aromatic heterocycles. The van der Waals surface area contributed by atoms with Crippen LogP contribution in [0.15, 0.2) is 301 Å². The third-order valence-corrected chi connectivity index (χ3v) is 19.1. The summed E-state index contributed by atoms with van der Waals surface area (Å²) in [5.41, 5.74) is 28.3. The zero-order chi connectivity index (χ0) is 79.4. The molecule has 1 aliphatic rings. The largest absolute Gasteiger partial charge is 0.461 e. The molecule has 0 aliphatic carbocycles. The second-order valence-corrected chi connectivity index (χ2v) is 30.7. The topological polar surface area (TPSA) is 94.8 Å². The van der Waals surface area contributed by atoms with Crippen molar-refractivity contribution in [2.24, 2.45) is 7.05 Å². The second kappa shape index (κ2) is 41.9. The predicted molar refractivity (Wildman–Crippen MR) is 469 cm³/mol. The first-order valence-electron chi connectivity index (χ1n) is 39.2. The molecule has 8 heteroatoms. The van der Waals surface area contributed by atoms with Crippen LogP contribution in [0.5, 0.6) is 0 Å². The number of furan rings is 2. The van der Waals surface area contributed by atoms with Crippen molar-refractivity contribution in [2.45, 2.75) is 179 Å². The first-order valence-corrected chi connectivity index (χ1v) is 39.2. The molecule has 568 valence electrons. The van der Waals surface area contributed by atoms with Gasteiger partial charge in [0.15, 0.2) is 0 Å². The Hall–Kier alpha value is -11.2. The van der Waals surface area contributed by atoms with Gasteiger partial charge in [0.25, 0.3) is 0 Å². The highest BCUT2D eigenvalue weighted by Gasteiger charge is 2.12. The maximum absolute atomic E-state index is 5.75. The Kier molecular flexibility index (Phi) is 32.2. The standard InChI is InChI=1S/4C15H17N.C15H18O.C14H16O.C13H16N2/c1-11(2)13-5-4-6-14(8-13)15-7-12(3)9-16-10-15;1-11(2)13-5-4-6-14(10-13)15-7-8-16-12(3)9-15;1-11(2)13-5-4-6-14(9-13)15-8-7-12(3)16-10-15;1-11(2)13-5-4-6-14(9-13)15-8-7-12(3)10-16-15;1-4-14-8-9-15(16-14)13-7-5-6-12(10-13)11(2)3;1-10(2)12-5-4-6-13(9-12)14-8-7-11(3)15-14;1-10(2)11-5-4-6-12(7-11)13-8-14-15(3)9-13/h4-11H,1-3H3;4-11,16H,3H2,1-2H3;2*4-11H,1-3H3;5-11H,4H2,1-3H3;2*4-10H,1-3H3. The van der Waals surface area contributed by atoms with Gasteiger partial charge in [-0.25, -0.2) is 0 Å². The van der Waals surface area contributed by atoms with Crippen molar-refractivity contribution < 1.29 is 8.83 Å². The van der Waals surface area contributed by atoms with Crippen LogP contribution in [0, 0.1) is 27.7 Å². The molecule has 0 amide bonds. The van der Waals surface area contributed by atoms with Crippen LogP contribution < -0.4 is 5.32 Å². The van der Waals surface area contributed by atoms with Crippen LogP contribution in [0.1, 0.15) is 218 Å². The molecule has 1 N–H and O–H groups in total. The molecule has 7 aromatic carbocycles. The molecule has 8 nitrogen and oxygen atoms in total. The lowest BCUT2D eigenvalue weighted by Crippen LogP contribution is -2.05. The maximum atomic E-state index is 5.75. The third-order valence-electron chi connectivity index (χ3n) is 19.1. The minimum atomic E-state index is 0.556. The van der Waals surface area contributed by atoms with Gasteiger partial charge in [-0.3, -0.25) is 19.6 Å². The molecule has 1 aliphatic heterocycles. The van der Waals surface area contributed by atoms with Crippen LogP contribution >= 0.6 is 0 Å². The molecule has 13 aromatic rings. The van der Waals surface area contributed by atoms with Gasteiger partial charge in [-0.05, 0) is 220 Å². The minimum absolute atomic E-state index is 0.556. The number of benzene rings is 7. The van der Waals surface area contributed by atoms with Crippen molar-refractivity contribution in [2.75, 3.05) is 0 Å². The number of nitrogens with one attached hydrogen (secondary N) is 1. The number of hydrogen-bond donors (Lipinski definition) is 1. The number of allylic oxidation sites excluding steroid dienone is 3. The van der Waals surface area contributed by atoms with Gasteiger partial charge in [-0.15, -0.1) is 0 Å². The molecule has 0 atom stereocenters. The number of aryl methyl sites for hydroxylation is 6. The van der Waals surface area contributed by atoms with Crippen molar-refractivity contribution in [1.82, 2.24) is 30.0 Å². The Morgan fingerprint density at radius 2 is 0.809 bits per heavy atom. The quantitative estimate of drug-likeness (QED) is 0.109. The number of dihydropyridines is 1. The predicted octanol–water partition coefficient (Wildman–Crippen LogP) is 28.6. The Labute approximate surface area is 659 Å². The van der Waals surface area contributed by atoms with Crippen molar-refractivity contribution in [3.63, 3.8) is 0 Å². The molecule has 0 saturated heterocycles. The van der Waals surface area contributed by atoms with Crippen LogP contribution in [0.3, 0.4) is 0 Å². The molecule has 0 bridgehead atoms. The van der Waals surface area contributed by atoms with Crippen molar-refractivity contribution in [3.05, 3.63) is 365 Å². The van der Waals surface area contributed by atoms with E-state index in [9.17, 15) is 0 Å². The van der Waals surface area contributed by atoms with Crippen molar-refractivity contribution in [1.29, 1.82) is 0 Å². The normalized spacial score (nSPS) is 11.4. The van der Waals surface area contributed by atoms with Gasteiger partial charge >= 0.3 is 0 Å². The maximum Gasteiger partial charge on any atom is 0.134 e. The van der Waals surface area contributed by atoms with Gasteiger partial charge in [-0.2, -0.15) is 5.10 Å². The number of hydrogen-bond acceptors (Lipinski definition) is 7. The fourth-order valence-electron chi connectivity index (χ4n) is 12.0. The molecular formula is C102H118N6O2. The van der Waals surface area contributed by atoms with E-state index >= 15 is 0 Å². The fraction of sp³-hybridized carbons (Fsp3) is 0.275. The van der Waals surface area contributed by atoms with E-state index in [2.05, 4.69) is 374 Å². The molecule has 0 fully saturated rings. The highest BCUT2D eigenvalue weighted by atomic mass is 16.3. The third kappa shape index (κ3) is 26.3. The molecule has 0 radical (unpaired) electrons. The van der Waals surface area contributed by atoms with Crippen LogP contribution in [0.4, 0.5) is 0 Å². The summed E-state index contributed by atoms with van der Waals surface area (Å²) in [6.45, 7) is 45.1. The molecule has 0 spiro atoms. The van der Waals surface area contributed by atoms with Crippen LogP contribution in [-0.4, -0.2) is 24.7 Å². The average Bonchev–Trinajstić information content (AvgIpc) is 1.41. The van der Waals surface area contributed by atoms with E-state index in [1.54, 1.807) is 0 Å². The summed E-state index contributed by atoms with van der Waals surface area (Å²) >= 11 is 0. The minimum Gasteiger partial charge on any atom is -0.461 e. The van der Waals surface area contributed by atoms with Gasteiger partial charge in [0.1, 0.15) is 23.0 Å². The monoisotopic (exact) mass is 1460 g/mol. The SMILES string of the molecule is C=C1C=C(c2cccc(C(C)C)c2)C=CN1.CC(C)c1cccc(-c2cnn(C)c2)c1.CCc1ccc(-c2cccc(C(C)C)c2)o1.Cc1ccc(-c2cccc(C(C)C)c2)cn1.Cc1ccc(-c2cccc(C(C)C)c2)nc1.Cc1ccc(-c2cccc(C(C)C)c2)o1.Cc1cncc(-c2cccc(C(C)C)c2)c1. The van der Waals surface area contributed by atoms with Gasteiger partial charge in [0.2, 0.25) is 0 Å². The van der Waals surface area contributed by atoms with Gasteiger partial charge in [-0.1, -0.05) is 274 Å². The fourth-order valence-corrected chi connectivity index (χ4v) is 12.0. The van der Waals surface area contributed by atoms with E-state index in [-0.39, 0.29) is 0 Å². The van der Waals surface area contributed by atoms with Gasteiger partial charge < -0.3 is 14.2 Å². The summed E-state index contributed by atoms with van der Waals surface area (Å²) in [4.78, 5) is 13.0. The summed E-state index contributed by atoms with van der Waals surface area (Å²) in [5, 5.41) is 7.25. The van der Waals surface area contributed by atoms with E-state index in [1.807, 2.05) is 81.1 Å². The summed E-state index contributed by atoms with van der Waals surface area (Å²) in [7, 11) is 1.94. The highest BCUT2D eigenvalue weighted by molar-refractivity contribution is 5.77. The Bertz CT molecular complexity index is 4870. The molecule has 7 heterocycles. The summed E-state index contributed by atoms with van der Waals surface area (Å²) < 4.78 is 13.2. The van der Waals surface area contributed by atoms with E-state index in [4.69, 9.17) is 8.83 Å². The van der Waals surface area contributed by atoms with E-state index in [1.165, 1.54) is 106 Å². The van der Waals surface area contributed by atoms with Gasteiger partial charge in [0.05, 0.1) is 11.9 Å². The highest BCUT2D eigenvalue weighted by Crippen LogP contribution is 2.32. The lowest BCUT2D eigenvalue weighted by molar-refractivity contribution is 0.529. The van der Waals surface area contributed by atoms with E-state index in [0.29, 0.717) is 41.4 Å². The molecule has 0 saturated carbocycles. The van der Waals surface area contributed by atoms with E-state index < -0.39 is 0 Å². The summed E-state index contributed by atoms with van der Waals surface area (Å²) in [6.07, 6.45) is 18.6. The van der Waals surface area contributed by atoms with E-state index in [0.717, 1.165) is 52.1 Å². The first-order chi connectivity index (χ1) is 52.7. The lowest BCUT2D eigenvalue weighted by atomic mass is 9.96. The smallest absolute Gasteiger partial charge is 0.134 e. The Balaban J connectivity index is 0.000000161. The summed E-state index contributed by atoms with van der Waals surface area (Å²) in [5.74, 6) is 7.87. The Morgan fingerprint density at radius 3 is 1.22 bits per heavy atom.